The highest BCUT2D eigenvalue weighted by Gasteiger charge is 2.12. The highest BCUT2D eigenvalue weighted by molar-refractivity contribution is 7.85. The summed E-state index contributed by atoms with van der Waals surface area (Å²) in [5, 5.41) is 0. The first-order valence-corrected chi connectivity index (χ1v) is 7.54. The number of hydrogen-bond donors (Lipinski definition) is 0. The molecule has 1 heterocycles. The molecule has 0 N–H and O–H groups in total. The Balaban J connectivity index is 2.06. The van der Waals surface area contributed by atoms with Crippen LogP contribution in [-0.4, -0.2) is 27.8 Å². The number of anilines is 1. The lowest BCUT2D eigenvalue weighted by Gasteiger charge is -2.18. The summed E-state index contributed by atoms with van der Waals surface area (Å²) in [6.45, 7) is 2.27. The lowest BCUT2D eigenvalue weighted by molar-refractivity contribution is 0.311. The lowest BCUT2D eigenvalue weighted by atomic mass is 10.2. The molecule has 0 bridgehead atoms. The number of hydrogen-bond acceptors (Lipinski definition) is 4. The molecule has 0 aliphatic carbocycles. The Labute approximate surface area is 102 Å². The van der Waals surface area contributed by atoms with E-state index in [0.717, 1.165) is 30.6 Å². The average molecular weight is 255 g/mol. The zero-order chi connectivity index (χ0) is 12.3. The van der Waals surface area contributed by atoms with Gasteiger partial charge in [0.15, 0.2) is 0 Å². The van der Waals surface area contributed by atoms with Crippen molar-refractivity contribution in [2.75, 3.05) is 24.2 Å². The van der Waals surface area contributed by atoms with Crippen LogP contribution in [-0.2, 0) is 20.9 Å². The van der Waals surface area contributed by atoms with Crippen molar-refractivity contribution in [3.63, 3.8) is 0 Å². The Hall–Kier alpha value is -1.07. The van der Waals surface area contributed by atoms with Crippen molar-refractivity contribution in [3.8, 4) is 0 Å². The van der Waals surface area contributed by atoms with E-state index in [1.54, 1.807) is 0 Å². The number of rotatable bonds is 4. The van der Waals surface area contributed by atoms with E-state index in [2.05, 4.69) is 11.0 Å². The predicted octanol–water partition coefficient (Wildman–Crippen LogP) is 1.76. The maximum Gasteiger partial charge on any atom is 0.264 e. The molecule has 2 rings (SSSR count). The zero-order valence-electron chi connectivity index (χ0n) is 9.93. The van der Waals surface area contributed by atoms with Crippen LogP contribution >= 0.6 is 0 Å². The van der Waals surface area contributed by atoms with Crippen LogP contribution in [0.2, 0.25) is 0 Å². The van der Waals surface area contributed by atoms with E-state index in [-0.39, 0.29) is 6.61 Å². The van der Waals surface area contributed by atoms with Crippen molar-refractivity contribution < 1.29 is 12.6 Å². The SMILES string of the molecule is CS(=O)(=O)OCc1cccc(N2CCCC2)c1. The number of benzene rings is 1. The van der Waals surface area contributed by atoms with E-state index in [0.29, 0.717) is 0 Å². The third-order valence-corrected chi connectivity index (χ3v) is 3.37. The van der Waals surface area contributed by atoms with Crippen LogP contribution in [0.25, 0.3) is 0 Å². The molecule has 1 saturated heterocycles. The lowest BCUT2D eigenvalue weighted by Crippen LogP contribution is -2.17. The predicted molar refractivity (Wildman–Crippen MR) is 67.5 cm³/mol. The van der Waals surface area contributed by atoms with Crippen LogP contribution in [0.5, 0.6) is 0 Å². The Morgan fingerprint density at radius 1 is 1.29 bits per heavy atom. The summed E-state index contributed by atoms with van der Waals surface area (Å²) in [7, 11) is -3.37. The van der Waals surface area contributed by atoms with Gasteiger partial charge in [0.05, 0.1) is 12.9 Å². The summed E-state index contributed by atoms with van der Waals surface area (Å²) >= 11 is 0. The first-order chi connectivity index (χ1) is 8.04. The van der Waals surface area contributed by atoms with E-state index in [4.69, 9.17) is 4.18 Å². The molecule has 0 unspecified atom stereocenters. The second-order valence-electron chi connectivity index (χ2n) is 4.33. The van der Waals surface area contributed by atoms with Crippen molar-refractivity contribution in [1.29, 1.82) is 0 Å². The van der Waals surface area contributed by atoms with Gasteiger partial charge in [-0.3, -0.25) is 4.18 Å². The van der Waals surface area contributed by atoms with Crippen LogP contribution in [0, 0.1) is 0 Å². The first kappa shape index (κ1) is 12.4. The third-order valence-electron chi connectivity index (χ3n) is 2.82. The smallest absolute Gasteiger partial charge is 0.264 e. The van der Waals surface area contributed by atoms with Gasteiger partial charge in [0, 0.05) is 18.8 Å². The summed E-state index contributed by atoms with van der Waals surface area (Å²) in [6, 6.07) is 7.87. The van der Waals surface area contributed by atoms with Crippen molar-refractivity contribution in [3.05, 3.63) is 29.8 Å². The minimum atomic E-state index is -3.37. The van der Waals surface area contributed by atoms with Gasteiger partial charge in [-0.25, -0.2) is 0 Å². The quantitative estimate of drug-likeness (QED) is 0.769. The highest BCUT2D eigenvalue weighted by Crippen LogP contribution is 2.21. The molecule has 1 fully saturated rings. The van der Waals surface area contributed by atoms with Gasteiger partial charge in [-0.15, -0.1) is 0 Å². The van der Waals surface area contributed by atoms with Gasteiger partial charge in [-0.05, 0) is 30.5 Å². The molecular formula is C12H17NO3S. The van der Waals surface area contributed by atoms with Crippen LogP contribution in [0.4, 0.5) is 5.69 Å². The summed E-state index contributed by atoms with van der Waals surface area (Å²) in [5.41, 5.74) is 2.04. The van der Waals surface area contributed by atoms with E-state index < -0.39 is 10.1 Å². The maximum absolute atomic E-state index is 10.9. The molecule has 0 atom stereocenters. The standard InChI is InChI=1S/C12H17NO3S/c1-17(14,15)16-10-11-5-4-6-12(9-11)13-7-2-3-8-13/h4-6,9H,2-3,7-8,10H2,1H3. The summed E-state index contributed by atoms with van der Waals surface area (Å²) < 4.78 is 26.6. The van der Waals surface area contributed by atoms with E-state index >= 15 is 0 Å². The van der Waals surface area contributed by atoms with E-state index in [9.17, 15) is 8.42 Å². The average Bonchev–Trinajstić information content (AvgIpc) is 2.79. The van der Waals surface area contributed by atoms with Gasteiger partial charge in [-0.1, -0.05) is 12.1 Å². The van der Waals surface area contributed by atoms with Crippen molar-refractivity contribution in [2.45, 2.75) is 19.4 Å². The van der Waals surface area contributed by atoms with Gasteiger partial charge in [0.2, 0.25) is 0 Å². The van der Waals surface area contributed by atoms with Gasteiger partial charge in [-0.2, -0.15) is 8.42 Å². The molecule has 17 heavy (non-hydrogen) atoms. The van der Waals surface area contributed by atoms with Crippen LogP contribution in [0.15, 0.2) is 24.3 Å². The molecule has 1 aromatic carbocycles. The molecule has 0 saturated carbocycles. The Kier molecular flexibility index (Phi) is 3.69. The molecule has 94 valence electrons. The van der Waals surface area contributed by atoms with Crippen molar-refractivity contribution in [2.24, 2.45) is 0 Å². The van der Waals surface area contributed by atoms with E-state index in [1.165, 1.54) is 12.8 Å². The first-order valence-electron chi connectivity index (χ1n) is 5.73. The highest BCUT2D eigenvalue weighted by atomic mass is 32.2. The summed E-state index contributed by atoms with van der Waals surface area (Å²) in [4.78, 5) is 2.31. The molecule has 1 aromatic rings. The van der Waals surface area contributed by atoms with Gasteiger partial charge >= 0.3 is 0 Å². The normalized spacial score (nSPS) is 16.4. The Bertz CT molecular complexity index is 478. The summed E-state index contributed by atoms with van der Waals surface area (Å²) in [6.07, 6.45) is 3.52. The van der Waals surface area contributed by atoms with Gasteiger partial charge < -0.3 is 4.90 Å². The minimum absolute atomic E-state index is 0.112. The molecular weight excluding hydrogens is 238 g/mol. The third kappa shape index (κ3) is 3.71. The number of nitrogens with zero attached hydrogens (tertiary/aromatic N) is 1. The monoisotopic (exact) mass is 255 g/mol. The molecule has 0 radical (unpaired) electrons. The maximum atomic E-state index is 10.9. The second kappa shape index (κ2) is 5.06. The molecule has 4 nitrogen and oxygen atoms in total. The van der Waals surface area contributed by atoms with Gasteiger partial charge in [0.25, 0.3) is 10.1 Å². The zero-order valence-corrected chi connectivity index (χ0v) is 10.7. The van der Waals surface area contributed by atoms with Crippen LogP contribution < -0.4 is 4.90 Å². The fraction of sp³-hybridized carbons (Fsp3) is 0.500. The fourth-order valence-corrected chi connectivity index (χ4v) is 2.34. The van der Waals surface area contributed by atoms with E-state index in [1.807, 2.05) is 18.2 Å². The molecule has 0 aromatic heterocycles. The Morgan fingerprint density at radius 2 is 2.00 bits per heavy atom. The van der Waals surface area contributed by atoms with Crippen LogP contribution in [0.1, 0.15) is 18.4 Å². The summed E-state index contributed by atoms with van der Waals surface area (Å²) in [5.74, 6) is 0. The molecule has 1 aliphatic heterocycles. The molecule has 5 heteroatoms. The molecule has 0 amide bonds. The molecule has 1 aliphatic rings. The minimum Gasteiger partial charge on any atom is -0.372 e. The topological polar surface area (TPSA) is 46.6 Å². The van der Waals surface area contributed by atoms with Crippen molar-refractivity contribution >= 4 is 15.8 Å². The van der Waals surface area contributed by atoms with Crippen LogP contribution in [0.3, 0.4) is 0 Å². The second-order valence-corrected chi connectivity index (χ2v) is 5.97. The van der Waals surface area contributed by atoms with Crippen molar-refractivity contribution in [1.82, 2.24) is 0 Å². The van der Waals surface area contributed by atoms with Gasteiger partial charge in [0.1, 0.15) is 0 Å². The fourth-order valence-electron chi connectivity index (χ4n) is 1.99. The largest absolute Gasteiger partial charge is 0.372 e. The Morgan fingerprint density at radius 3 is 2.65 bits per heavy atom. The molecule has 0 spiro atoms.